The molecule has 142 valence electrons. The first-order valence-electron chi connectivity index (χ1n) is 8.27. The Labute approximate surface area is 160 Å². The van der Waals surface area contributed by atoms with Gasteiger partial charge in [-0.05, 0) is 37.7 Å². The average Bonchev–Trinajstić information content (AvgIpc) is 3.09. The summed E-state index contributed by atoms with van der Waals surface area (Å²) in [5.74, 6) is 0.552. The molecule has 3 aromatic rings. The number of aromatic nitrogens is 2. The predicted octanol–water partition coefficient (Wildman–Crippen LogP) is 5.18. The lowest BCUT2D eigenvalue weighted by Gasteiger charge is -2.24. The van der Waals surface area contributed by atoms with Gasteiger partial charge in [-0.3, -0.25) is 4.90 Å². The monoisotopic (exact) mass is 393 g/mol. The zero-order valence-electron chi connectivity index (χ0n) is 14.8. The molecule has 0 bridgehead atoms. The van der Waals surface area contributed by atoms with E-state index in [4.69, 9.17) is 16.1 Å². The Morgan fingerprint density at radius 3 is 2.59 bits per heavy atom. The van der Waals surface area contributed by atoms with E-state index in [0.29, 0.717) is 23.0 Å². The van der Waals surface area contributed by atoms with Crippen LogP contribution in [0.5, 0.6) is 5.75 Å². The van der Waals surface area contributed by atoms with Gasteiger partial charge in [-0.2, -0.15) is 13.8 Å². The minimum Gasteiger partial charge on any atom is -0.434 e. The smallest absolute Gasteiger partial charge is 0.387 e. The lowest BCUT2D eigenvalue weighted by Crippen LogP contribution is -2.22. The number of ether oxygens (including phenoxy) is 1. The highest BCUT2D eigenvalue weighted by molar-refractivity contribution is 6.31. The molecule has 0 fully saturated rings. The molecule has 0 saturated heterocycles. The molecule has 27 heavy (non-hydrogen) atoms. The van der Waals surface area contributed by atoms with Crippen molar-refractivity contribution in [2.75, 3.05) is 7.05 Å². The summed E-state index contributed by atoms with van der Waals surface area (Å²) in [6.07, 6.45) is 0. The molecule has 0 aliphatic carbocycles. The number of halogens is 3. The van der Waals surface area contributed by atoms with E-state index in [1.54, 1.807) is 18.2 Å². The van der Waals surface area contributed by atoms with Crippen LogP contribution in [0.2, 0.25) is 5.02 Å². The van der Waals surface area contributed by atoms with E-state index in [1.807, 2.05) is 43.1 Å². The van der Waals surface area contributed by atoms with Crippen LogP contribution in [0.25, 0.3) is 11.4 Å². The van der Waals surface area contributed by atoms with Crippen LogP contribution in [0.4, 0.5) is 8.78 Å². The molecule has 0 saturated carbocycles. The van der Waals surface area contributed by atoms with Crippen LogP contribution in [-0.2, 0) is 6.54 Å². The molecule has 1 unspecified atom stereocenters. The second-order valence-corrected chi connectivity index (χ2v) is 6.41. The van der Waals surface area contributed by atoms with E-state index < -0.39 is 6.61 Å². The molecule has 0 radical (unpaired) electrons. The van der Waals surface area contributed by atoms with Crippen molar-refractivity contribution < 1.29 is 18.0 Å². The lowest BCUT2D eigenvalue weighted by molar-refractivity contribution is -0.0494. The summed E-state index contributed by atoms with van der Waals surface area (Å²) in [5, 5.41) is 4.57. The van der Waals surface area contributed by atoms with Gasteiger partial charge in [0.15, 0.2) is 0 Å². The fraction of sp³-hybridized carbons (Fsp3) is 0.263. The number of nitrogens with zero attached hydrogens (tertiary/aromatic N) is 3. The van der Waals surface area contributed by atoms with Crippen LogP contribution >= 0.6 is 11.6 Å². The molecule has 2 aromatic carbocycles. The Morgan fingerprint density at radius 2 is 1.85 bits per heavy atom. The molecule has 1 aromatic heterocycles. The number of alkyl halides is 2. The standard InChI is InChI=1S/C19H18ClF2N3O2/c1-12(13-7-3-5-9-15(13)20)25(2)11-17-23-18(24-27-17)14-8-4-6-10-16(14)26-19(21)22/h3-10,12,19H,11H2,1-2H3. The van der Waals surface area contributed by atoms with Crippen molar-refractivity contribution in [2.45, 2.75) is 26.1 Å². The second-order valence-electron chi connectivity index (χ2n) is 6.00. The van der Waals surface area contributed by atoms with Crippen LogP contribution in [-0.4, -0.2) is 28.7 Å². The Balaban J connectivity index is 1.76. The first-order chi connectivity index (χ1) is 13.0. The van der Waals surface area contributed by atoms with Crippen molar-refractivity contribution in [1.82, 2.24) is 15.0 Å². The van der Waals surface area contributed by atoms with E-state index in [2.05, 4.69) is 14.9 Å². The van der Waals surface area contributed by atoms with Crippen molar-refractivity contribution in [3.63, 3.8) is 0 Å². The van der Waals surface area contributed by atoms with Gasteiger partial charge in [-0.1, -0.05) is 47.1 Å². The molecule has 0 spiro atoms. The zero-order chi connectivity index (χ0) is 19.4. The van der Waals surface area contributed by atoms with Crippen LogP contribution < -0.4 is 4.74 Å². The highest BCUT2D eigenvalue weighted by Crippen LogP contribution is 2.30. The van der Waals surface area contributed by atoms with E-state index in [1.165, 1.54) is 6.07 Å². The van der Waals surface area contributed by atoms with Crippen molar-refractivity contribution >= 4 is 11.6 Å². The largest absolute Gasteiger partial charge is 0.434 e. The van der Waals surface area contributed by atoms with Gasteiger partial charge in [0.05, 0.1) is 12.1 Å². The first-order valence-corrected chi connectivity index (χ1v) is 8.65. The third kappa shape index (κ3) is 4.61. The molecule has 3 rings (SSSR count). The molecular weight excluding hydrogens is 376 g/mol. The number of para-hydroxylation sites is 1. The molecule has 1 atom stereocenters. The molecule has 0 aliphatic rings. The number of benzene rings is 2. The third-order valence-electron chi connectivity index (χ3n) is 4.21. The lowest BCUT2D eigenvalue weighted by atomic mass is 10.1. The normalized spacial score (nSPS) is 12.6. The van der Waals surface area contributed by atoms with Gasteiger partial charge >= 0.3 is 6.61 Å². The van der Waals surface area contributed by atoms with Gasteiger partial charge in [0.1, 0.15) is 5.75 Å². The summed E-state index contributed by atoms with van der Waals surface area (Å²) < 4.78 is 35.0. The van der Waals surface area contributed by atoms with E-state index >= 15 is 0 Å². The van der Waals surface area contributed by atoms with Crippen molar-refractivity contribution in [3.05, 3.63) is 65.0 Å². The topological polar surface area (TPSA) is 51.4 Å². The summed E-state index contributed by atoms with van der Waals surface area (Å²) >= 11 is 6.26. The summed E-state index contributed by atoms with van der Waals surface area (Å²) in [5.41, 5.74) is 1.33. The molecule has 0 aliphatic heterocycles. The summed E-state index contributed by atoms with van der Waals surface area (Å²) in [4.78, 5) is 6.31. The maximum absolute atomic E-state index is 12.6. The summed E-state index contributed by atoms with van der Waals surface area (Å²) in [7, 11) is 1.91. The molecule has 1 heterocycles. The highest BCUT2D eigenvalue weighted by Gasteiger charge is 2.19. The minimum atomic E-state index is -2.93. The van der Waals surface area contributed by atoms with Crippen LogP contribution in [0.1, 0.15) is 24.4 Å². The molecule has 0 N–H and O–H groups in total. The van der Waals surface area contributed by atoms with Crippen molar-refractivity contribution in [1.29, 1.82) is 0 Å². The van der Waals surface area contributed by atoms with Gasteiger partial charge in [0.25, 0.3) is 0 Å². The SMILES string of the molecule is CC(c1ccccc1Cl)N(C)Cc1nc(-c2ccccc2OC(F)F)no1. The van der Waals surface area contributed by atoms with Gasteiger partial charge in [0, 0.05) is 11.1 Å². The number of hydrogen-bond donors (Lipinski definition) is 0. The quantitative estimate of drug-likeness (QED) is 0.553. The Hall–Kier alpha value is -2.51. The van der Waals surface area contributed by atoms with Gasteiger partial charge in [-0.25, -0.2) is 0 Å². The maximum atomic E-state index is 12.6. The molecule has 0 amide bonds. The first kappa shape index (κ1) is 19.3. The van der Waals surface area contributed by atoms with Crippen LogP contribution in [0.3, 0.4) is 0 Å². The van der Waals surface area contributed by atoms with Crippen molar-refractivity contribution in [3.8, 4) is 17.1 Å². The van der Waals surface area contributed by atoms with E-state index in [9.17, 15) is 8.78 Å². The highest BCUT2D eigenvalue weighted by atomic mass is 35.5. The maximum Gasteiger partial charge on any atom is 0.387 e. The third-order valence-corrected chi connectivity index (χ3v) is 4.56. The van der Waals surface area contributed by atoms with E-state index in [0.717, 1.165) is 5.56 Å². The van der Waals surface area contributed by atoms with Crippen LogP contribution in [0, 0.1) is 0 Å². The number of rotatable bonds is 7. The summed E-state index contributed by atoms with van der Waals surface area (Å²) in [6, 6.07) is 13.9. The van der Waals surface area contributed by atoms with Crippen molar-refractivity contribution in [2.24, 2.45) is 0 Å². The Morgan fingerprint density at radius 1 is 1.15 bits per heavy atom. The molecule has 8 heteroatoms. The van der Waals surface area contributed by atoms with Gasteiger partial charge in [-0.15, -0.1) is 0 Å². The predicted molar refractivity (Wildman–Crippen MR) is 97.7 cm³/mol. The zero-order valence-corrected chi connectivity index (χ0v) is 15.5. The second kappa shape index (κ2) is 8.45. The molecule has 5 nitrogen and oxygen atoms in total. The van der Waals surface area contributed by atoms with E-state index in [-0.39, 0.29) is 17.6 Å². The van der Waals surface area contributed by atoms with Gasteiger partial charge in [0.2, 0.25) is 11.7 Å². The fourth-order valence-electron chi connectivity index (χ4n) is 2.68. The fourth-order valence-corrected chi connectivity index (χ4v) is 2.97. The minimum absolute atomic E-state index is 0.00219. The van der Waals surface area contributed by atoms with Crippen LogP contribution in [0.15, 0.2) is 53.1 Å². The summed E-state index contributed by atoms with van der Waals surface area (Å²) in [6.45, 7) is -0.540. The Kier molecular flexibility index (Phi) is 6.03. The van der Waals surface area contributed by atoms with Gasteiger partial charge < -0.3 is 9.26 Å². The Bertz CT molecular complexity index is 904. The molecular formula is C19H18ClF2N3O2. The number of hydrogen-bond acceptors (Lipinski definition) is 5. The average molecular weight is 394 g/mol.